The predicted octanol–water partition coefficient (Wildman–Crippen LogP) is 1.84. The minimum atomic E-state index is -3.25. The van der Waals surface area contributed by atoms with E-state index in [1.54, 1.807) is 16.7 Å². The highest BCUT2D eigenvalue weighted by Gasteiger charge is 2.32. The number of nitrogens with one attached hydrogen (secondary N) is 1. The lowest BCUT2D eigenvalue weighted by atomic mass is 10.3. The molecule has 1 amide bonds. The Morgan fingerprint density at radius 1 is 1.55 bits per heavy atom. The average Bonchev–Trinajstić information content (AvgIpc) is 2.42. The first kappa shape index (κ1) is 17.5. The summed E-state index contributed by atoms with van der Waals surface area (Å²) in [5, 5.41) is 1.86. The van der Waals surface area contributed by atoms with Crippen LogP contribution in [0.1, 0.15) is 0 Å². The van der Waals surface area contributed by atoms with Gasteiger partial charge < -0.3 is 5.32 Å². The second-order valence-corrected chi connectivity index (χ2v) is 8.77. The lowest BCUT2D eigenvalue weighted by Gasteiger charge is -2.33. The standard InChI is InChI=1S/C13H16ClFN2O3S2/c1-22(19,20)13-8-21-5-4-17(13)7-12(18)16-9-2-3-11(15)10(14)6-9/h2-3,6,13H,4-5,7-8H2,1H3,(H,16,18). The highest BCUT2D eigenvalue weighted by molar-refractivity contribution is 8.00. The van der Waals surface area contributed by atoms with Crippen molar-refractivity contribution in [3.05, 3.63) is 29.0 Å². The van der Waals surface area contributed by atoms with Crippen molar-refractivity contribution in [1.82, 2.24) is 4.90 Å². The van der Waals surface area contributed by atoms with Gasteiger partial charge in [-0.2, -0.15) is 11.8 Å². The lowest BCUT2D eigenvalue weighted by molar-refractivity contribution is -0.117. The van der Waals surface area contributed by atoms with E-state index in [1.807, 2.05) is 0 Å². The second kappa shape index (κ2) is 7.16. The number of nitrogens with zero attached hydrogens (tertiary/aromatic N) is 1. The Bertz CT molecular complexity index is 669. The van der Waals surface area contributed by atoms with E-state index in [1.165, 1.54) is 18.4 Å². The van der Waals surface area contributed by atoms with Crippen LogP contribution in [0.2, 0.25) is 5.02 Å². The van der Waals surface area contributed by atoms with Gasteiger partial charge in [-0.1, -0.05) is 11.6 Å². The number of rotatable bonds is 4. The van der Waals surface area contributed by atoms with Crippen LogP contribution >= 0.6 is 23.4 Å². The third kappa shape index (κ3) is 4.58. The fraction of sp³-hybridized carbons (Fsp3) is 0.462. The van der Waals surface area contributed by atoms with Gasteiger partial charge in [-0.15, -0.1) is 0 Å². The average molecular weight is 367 g/mol. The fourth-order valence-corrected chi connectivity index (χ4v) is 5.27. The van der Waals surface area contributed by atoms with Crippen LogP contribution in [-0.4, -0.2) is 55.4 Å². The van der Waals surface area contributed by atoms with E-state index in [2.05, 4.69) is 5.32 Å². The third-order valence-corrected chi connectivity index (χ3v) is 6.21. The Morgan fingerprint density at radius 2 is 2.27 bits per heavy atom. The van der Waals surface area contributed by atoms with Gasteiger partial charge in [-0.05, 0) is 18.2 Å². The number of hydrogen-bond donors (Lipinski definition) is 1. The molecular weight excluding hydrogens is 351 g/mol. The molecule has 0 radical (unpaired) electrons. The van der Waals surface area contributed by atoms with Crippen LogP contribution in [0.25, 0.3) is 0 Å². The summed E-state index contributed by atoms with van der Waals surface area (Å²) in [6, 6.07) is 3.88. The molecule has 1 unspecified atom stereocenters. The van der Waals surface area contributed by atoms with Gasteiger partial charge in [0, 0.05) is 30.0 Å². The Labute approximate surface area is 138 Å². The van der Waals surface area contributed by atoms with Gasteiger partial charge >= 0.3 is 0 Å². The molecule has 0 bridgehead atoms. The van der Waals surface area contributed by atoms with Gasteiger partial charge in [0.1, 0.15) is 11.2 Å². The van der Waals surface area contributed by atoms with E-state index in [0.717, 1.165) is 11.8 Å². The van der Waals surface area contributed by atoms with Crippen molar-refractivity contribution in [3.8, 4) is 0 Å². The Morgan fingerprint density at radius 3 is 2.91 bits per heavy atom. The molecule has 1 fully saturated rings. The van der Waals surface area contributed by atoms with Crippen molar-refractivity contribution >= 4 is 44.8 Å². The smallest absolute Gasteiger partial charge is 0.238 e. The summed E-state index contributed by atoms with van der Waals surface area (Å²) in [4.78, 5) is 13.7. The van der Waals surface area contributed by atoms with Crippen LogP contribution in [0.3, 0.4) is 0 Å². The number of halogens is 2. The maximum Gasteiger partial charge on any atom is 0.238 e. The minimum Gasteiger partial charge on any atom is -0.325 e. The van der Waals surface area contributed by atoms with Gasteiger partial charge in [0.2, 0.25) is 5.91 Å². The summed E-state index contributed by atoms with van der Waals surface area (Å²) >= 11 is 7.21. The molecule has 0 aliphatic carbocycles. The molecule has 1 aromatic rings. The molecule has 0 spiro atoms. The largest absolute Gasteiger partial charge is 0.325 e. The molecule has 1 aliphatic heterocycles. The van der Waals surface area contributed by atoms with E-state index < -0.39 is 21.0 Å². The van der Waals surface area contributed by atoms with E-state index in [4.69, 9.17) is 11.6 Å². The number of carbonyl (C=O) groups excluding carboxylic acids is 1. The lowest BCUT2D eigenvalue weighted by Crippen LogP contribution is -2.49. The summed E-state index contributed by atoms with van der Waals surface area (Å²) in [5.41, 5.74) is 0.374. The first-order valence-electron chi connectivity index (χ1n) is 6.53. The Kier molecular flexibility index (Phi) is 5.70. The normalized spacial score (nSPS) is 19.9. The number of amides is 1. The monoisotopic (exact) mass is 366 g/mol. The molecule has 1 heterocycles. The van der Waals surface area contributed by atoms with Crippen LogP contribution in [-0.2, 0) is 14.6 Å². The molecule has 1 aromatic carbocycles. The van der Waals surface area contributed by atoms with Crippen molar-refractivity contribution < 1.29 is 17.6 Å². The molecule has 22 heavy (non-hydrogen) atoms. The van der Waals surface area contributed by atoms with Crippen LogP contribution in [0.5, 0.6) is 0 Å². The molecule has 0 aromatic heterocycles. The first-order chi connectivity index (χ1) is 10.3. The highest BCUT2D eigenvalue weighted by atomic mass is 35.5. The van der Waals surface area contributed by atoms with Gasteiger partial charge in [-0.25, -0.2) is 12.8 Å². The second-order valence-electron chi connectivity index (χ2n) is 5.01. The maximum atomic E-state index is 13.1. The molecular formula is C13H16ClFN2O3S2. The zero-order valence-corrected chi connectivity index (χ0v) is 14.3. The van der Waals surface area contributed by atoms with Gasteiger partial charge in [0.05, 0.1) is 11.6 Å². The zero-order chi connectivity index (χ0) is 16.3. The molecule has 1 atom stereocenters. The fourth-order valence-electron chi connectivity index (χ4n) is 2.15. The van der Waals surface area contributed by atoms with Crippen molar-refractivity contribution in [3.63, 3.8) is 0 Å². The molecule has 122 valence electrons. The number of anilines is 1. The van der Waals surface area contributed by atoms with Crippen LogP contribution in [0.4, 0.5) is 10.1 Å². The molecule has 1 saturated heterocycles. The Hall–Kier alpha value is -0.830. The highest BCUT2D eigenvalue weighted by Crippen LogP contribution is 2.21. The predicted molar refractivity (Wildman–Crippen MR) is 87.6 cm³/mol. The Balaban J connectivity index is 2.02. The summed E-state index contributed by atoms with van der Waals surface area (Å²) in [6.45, 7) is 0.493. The number of hydrogen-bond acceptors (Lipinski definition) is 5. The topological polar surface area (TPSA) is 66.5 Å². The zero-order valence-electron chi connectivity index (χ0n) is 11.9. The maximum absolute atomic E-state index is 13.1. The summed E-state index contributed by atoms with van der Waals surface area (Å²) < 4.78 is 36.6. The van der Waals surface area contributed by atoms with E-state index >= 15 is 0 Å². The number of sulfone groups is 1. The van der Waals surface area contributed by atoms with Crippen LogP contribution in [0, 0.1) is 5.82 Å². The number of thioether (sulfide) groups is 1. The van der Waals surface area contributed by atoms with Gasteiger partial charge in [0.15, 0.2) is 9.84 Å². The first-order valence-corrected chi connectivity index (χ1v) is 10.0. The van der Waals surface area contributed by atoms with Crippen molar-refractivity contribution in [2.75, 3.05) is 36.2 Å². The summed E-state index contributed by atoms with van der Waals surface area (Å²) in [6.07, 6.45) is 1.17. The molecule has 5 nitrogen and oxygen atoms in total. The molecule has 9 heteroatoms. The van der Waals surface area contributed by atoms with E-state index in [0.29, 0.717) is 18.0 Å². The third-order valence-electron chi connectivity index (χ3n) is 3.23. The summed E-state index contributed by atoms with van der Waals surface area (Å²) in [5.74, 6) is 0.309. The number of benzene rings is 1. The van der Waals surface area contributed by atoms with E-state index in [9.17, 15) is 17.6 Å². The minimum absolute atomic E-state index is 0.0344. The van der Waals surface area contributed by atoms with Gasteiger partial charge in [0.25, 0.3) is 0 Å². The number of carbonyl (C=O) groups is 1. The molecule has 2 rings (SSSR count). The van der Waals surface area contributed by atoms with Crippen LogP contribution in [0.15, 0.2) is 18.2 Å². The molecule has 0 saturated carbocycles. The van der Waals surface area contributed by atoms with Crippen molar-refractivity contribution in [2.45, 2.75) is 5.37 Å². The van der Waals surface area contributed by atoms with Crippen molar-refractivity contribution in [1.29, 1.82) is 0 Å². The molecule has 1 aliphatic rings. The molecule has 1 N–H and O–H groups in total. The van der Waals surface area contributed by atoms with E-state index in [-0.39, 0.29) is 17.5 Å². The SMILES string of the molecule is CS(=O)(=O)C1CSCCN1CC(=O)Nc1ccc(F)c(Cl)c1. The van der Waals surface area contributed by atoms with Gasteiger partial charge in [-0.3, -0.25) is 9.69 Å². The summed E-state index contributed by atoms with van der Waals surface area (Å²) in [7, 11) is -3.25. The quantitative estimate of drug-likeness (QED) is 0.880. The van der Waals surface area contributed by atoms with Crippen molar-refractivity contribution in [2.24, 2.45) is 0 Å². The van der Waals surface area contributed by atoms with Crippen LogP contribution < -0.4 is 5.32 Å².